The highest BCUT2D eigenvalue weighted by atomic mass is 32.2. The highest BCUT2D eigenvalue weighted by molar-refractivity contribution is 8.00. The molecule has 1 atom stereocenters. The Hall–Kier alpha value is -3.88. The van der Waals surface area contributed by atoms with Crippen LogP contribution < -0.4 is 10.6 Å². The van der Waals surface area contributed by atoms with Crippen LogP contribution >= 0.6 is 23.1 Å². The van der Waals surface area contributed by atoms with Crippen molar-refractivity contribution >= 4 is 51.6 Å². The van der Waals surface area contributed by atoms with Crippen LogP contribution in [0.15, 0.2) is 89.1 Å². The zero-order valence-corrected chi connectivity index (χ0v) is 23.7. The van der Waals surface area contributed by atoms with Crippen LogP contribution in [0.1, 0.15) is 34.8 Å². The first kappa shape index (κ1) is 28.1. The summed E-state index contributed by atoms with van der Waals surface area (Å²) in [5.74, 6) is -0.809. The molecule has 4 rings (SSSR count). The summed E-state index contributed by atoms with van der Waals surface area (Å²) in [7, 11) is 1.33. The Morgan fingerprint density at radius 3 is 2.38 bits per heavy atom. The third-order valence-electron chi connectivity index (χ3n) is 6.05. The molecule has 0 saturated heterocycles. The molecule has 0 fully saturated rings. The molecule has 0 spiro atoms. The van der Waals surface area contributed by atoms with Crippen LogP contribution in [0, 0.1) is 6.92 Å². The van der Waals surface area contributed by atoms with Crippen molar-refractivity contribution < 1.29 is 19.1 Å². The monoisotopic (exact) mass is 558 g/mol. The Balaban J connectivity index is 1.46. The summed E-state index contributed by atoms with van der Waals surface area (Å²) in [5, 5.41) is 7.82. The molecule has 4 aromatic rings. The average molecular weight is 559 g/mol. The van der Waals surface area contributed by atoms with Crippen molar-refractivity contribution in [2.75, 3.05) is 17.7 Å². The van der Waals surface area contributed by atoms with E-state index in [-0.39, 0.29) is 18.2 Å². The van der Waals surface area contributed by atoms with Gasteiger partial charge in [-0.3, -0.25) is 9.59 Å². The van der Waals surface area contributed by atoms with Crippen LogP contribution in [-0.2, 0) is 20.7 Å². The van der Waals surface area contributed by atoms with E-state index < -0.39 is 11.2 Å². The number of carbonyl (C=O) groups excluding carboxylic acids is 3. The minimum absolute atomic E-state index is 0.106. The Kier molecular flexibility index (Phi) is 9.57. The van der Waals surface area contributed by atoms with E-state index in [4.69, 9.17) is 4.74 Å². The van der Waals surface area contributed by atoms with Gasteiger partial charge in [-0.15, -0.1) is 23.1 Å². The maximum Gasteiger partial charge on any atom is 0.341 e. The molecule has 2 amide bonds. The second-order valence-electron chi connectivity index (χ2n) is 8.95. The van der Waals surface area contributed by atoms with E-state index in [2.05, 4.69) is 10.6 Å². The van der Waals surface area contributed by atoms with E-state index in [1.54, 1.807) is 0 Å². The number of ether oxygens (including phenoxy) is 1. The molecule has 3 aromatic carbocycles. The van der Waals surface area contributed by atoms with E-state index in [1.807, 2.05) is 98.1 Å². The van der Waals surface area contributed by atoms with Crippen molar-refractivity contribution in [3.05, 3.63) is 101 Å². The summed E-state index contributed by atoms with van der Waals surface area (Å²) in [6, 6.07) is 24.9. The molecule has 1 heterocycles. The minimum Gasteiger partial charge on any atom is -0.465 e. The molecule has 2 N–H and O–H groups in total. The molecule has 200 valence electrons. The zero-order chi connectivity index (χ0) is 27.8. The largest absolute Gasteiger partial charge is 0.465 e. The minimum atomic E-state index is -0.498. The fourth-order valence-corrected chi connectivity index (χ4v) is 5.99. The van der Waals surface area contributed by atoms with Gasteiger partial charge in [0, 0.05) is 21.5 Å². The highest BCUT2D eigenvalue weighted by Crippen LogP contribution is 2.37. The molecule has 0 bridgehead atoms. The Labute approximate surface area is 236 Å². The molecule has 0 radical (unpaired) electrons. The van der Waals surface area contributed by atoms with E-state index in [0.29, 0.717) is 22.7 Å². The fourth-order valence-electron chi connectivity index (χ4n) is 4.01. The Morgan fingerprint density at radius 1 is 0.949 bits per heavy atom. The van der Waals surface area contributed by atoms with Crippen LogP contribution in [0.3, 0.4) is 0 Å². The number of anilines is 2. The first-order valence-electron chi connectivity index (χ1n) is 12.6. The molecule has 1 aromatic heterocycles. The number of amides is 2. The van der Waals surface area contributed by atoms with Crippen molar-refractivity contribution in [2.45, 2.75) is 36.8 Å². The van der Waals surface area contributed by atoms with Gasteiger partial charge in [0.2, 0.25) is 11.8 Å². The van der Waals surface area contributed by atoms with Crippen molar-refractivity contribution in [3.8, 4) is 11.1 Å². The van der Waals surface area contributed by atoms with E-state index >= 15 is 0 Å². The SMILES string of the molecule is CCC(Sc1cccc(NC(=O)Cc2ccccc2)c1)C(=O)Nc1scc(-c2ccc(C)cc2)c1C(=O)OC. The molecular formula is C31H30N2O4S2. The number of rotatable bonds is 10. The average Bonchev–Trinajstić information content (AvgIpc) is 3.35. The van der Waals surface area contributed by atoms with Crippen molar-refractivity contribution in [1.82, 2.24) is 0 Å². The number of nitrogens with one attached hydrogen (secondary N) is 2. The third kappa shape index (κ3) is 7.37. The smallest absolute Gasteiger partial charge is 0.341 e. The molecule has 0 saturated carbocycles. The number of thiophene rings is 1. The van der Waals surface area contributed by atoms with Gasteiger partial charge in [-0.1, -0.05) is 73.2 Å². The summed E-state index contributed by atoms with van der Waals surface area (Å²) in [6.45, 7) is 3.94. The van der Waals surface area contributed by atoms with E-state index in [1.165, 1.54) is 30.2 Å². The predicted octanol–water partition coefficient (Wildman–Crippen LogP) is 7.20. The van der Waals surface area contributed by atoms with E-state index in [9.17, 15) is 14.4 Å². The van der Waals surface area contributed by atoms with Crippen molar-refractivity contribution in [2.24, 2.45) is 0 Å². The lowest BCUT2D eigenvalue weighted by molar-refractivity contribution is -0.116. The van der Waals surface area contributed by atoms with Crippen LogP contribution in [0.25, 0.3) is 11.1 Å². The van der Waals surface area contributed by atoms with Gasteiger partial charge < -0.3 is 15.4 Å². The van der Waals surface area contributed by atoms with Crippen LogP contribution in [0.4, 0.5) is 10.7 Å². The fraction of sp³-hybridized carbons (Fsp3) is 0.194. The van der Waals surface area contributed by atoms with Gasteiger partial charge >= 0.3 is 5.97 Å². The quantitative estimate of drug-likeness (QED) is 0.159. The number of hydrogen-bond acceptors (Lipinski definition) is 6. The maximum atomic E-state index is 13.3. The molecular weight excluding hydrogens is 528 g/mol. The van der Waals surface area contributed by atoms with Crippen LogP contribution in [0.5, 0.6) is 0 Å². The second kappa shape index (κ2) is 13.3. The Morgan fingerprint density at radius 2 is 1.69 bits per heavy atom. The molecule has 0 aliphatic heterocycles. The van der Waals surface area contributed by atoms with Crippen molar-refractivity contribution in [3.63, 3.8) is 0 Å². The van der Waals surface area contributed by atoms with Gasteiger partial charge in [0.05, 0.1) is 18.8 Å². The van der Waals surface area contributed by atoms with Gasteiger partial charge in [0.25, 0.3) is 0 Å². The van der Waals surface area contributed by atoms with Gasteiger partial charge in [-0.25, -0.2) is 4.79 Å². The summed E-state index contributed by atoms with van der Waals surface area (Å²) in [4.78, 5) is 39.4. The molecule has 6 nitrogen and oxygen atoms in total. The lowest BCUT2D eigenvalue weighted by Crippen LogP contribution is -2.25. The first-order chi connectivity index (χ1) is 18.9. The number of esters is 1. The Bertz CT molecular complexity index is 1450. The summed E-state index contributed by atoms with van der Waals surface area (Å²) in [5.41, 5.74) is 4.68. The normalized spacial score (nSPS) is 11.5. The van der Waals surface area contributed by atoms with Gasteiger partial charge in [0.15, 0.2) is 0 Å². The topological polar surface area (TPSA) is 84.5 Å². The lowest BCUT2D eigenvalue weighted by atomic mass is 10.0. The zero-order valence-electron chi connectivity index (χ0n) is 22.0. The number of methoxy groups -OCH3 is 1. The maximum absolute atomic E-state index is 13.3. The van der Waals surface area contributed by atoms with Gasteiger partial charge in [-0.2, -0.15) is 0 Å². The molecule has 0 aliphatic rings. The lowest BCUT2D eigenvalue weighted by Gasteiger charge is -2.16. The van der Waals surface area contributed by atoms with Crippen LogP contribution in [-0.4, -0.2) is 30.1 Å². The molecule has 1 unspecified atom stereocenters. The molecule has 0 aliphatic carbocycles. The van der Waals surface area contributed by atoms with Crippen molar-refractivity contribution in [1.29, 1.82) is 0 Å². The van der Waals surface area contributed by atoms with Gasteiger partial charge in [0.1, 0.15) is 10.6 Å². The third-order valence-corrected chi connectivity index (χ3v) is 8.30. The standard InChI is InChI=1S/C31H30N2O4S2/c1-4-26(39-24-12-8-11-23(18-24)32-27(34)17-21-9-6-5-7-10-21)29(35)33-30-28(31(36)37-3)25(19-38-30)22-15-13-20(2)14-16-22/h5-16,18-19,26H,4,17H2,1-3H3,(H,32,34)(H,33,35). The molecule has 8 heteroatoms. The molecule has 39 heavy (non-hydrogen) atoms. The summed E-state index contributed by atoms with van der Waals surface area (Å²) in [6.07, 6.45) is 0.858. The summed E-state index contributed by atoms with van der Waals surface area (Å²) < 4.78 is 5.04. The first-order valence-corrected chi connectivity index (χ1v) is 14.3. The second-order valence-corrected chi connectivity index (χ2v) is 11.1. The van der Waals surface area contributed by atoms with Gasteiger partial charge in [-0.05, 0) is 42.7 Å². The number of carbonyl (C=O) groups is 3. The number of aryl methyl sites for hydroxylation is 1. The van der Waals surface area contributed by atoms with E-state index in [0.717, 1.165) is 27.1 Å². The predicted molar refractivity (Wildman–Crippen MR) is 160 cm³/mol. The van der Waals surface area contributed by atoms with Crippen LogP contribution in [0.2, 0.25) is 0 Å². The number of benzene rings is 3. The number of hydrogen-bond donors (Lipinski definition) is 2. The highest BCUT2D eigenvalue weighted by Gasteiger charge is 2.25. The number of thioether (sulfide) groups is 1. The summed E-state index contributed by atoms with van der Waals surface area (Å²) >= 11 is 2.71.